The number of nitrogens with zero attached hydrogens (tertiary/aromatic N) is 2. The molecule has 4 atom stereocenters. The van der Waals surface area contributed by atoms with Crippen LogP contribution in [-0.4, -0.2) is 106 Å². The number of nitrogens with one attached hydrogen (secondary N) is 1. The van der Waals surface area contributed by atoms with Gasteiger partial charge in [-0.15, -0.1) is 0 Å². The number of fused-ring (bicyclic) bond motifs is 3. The Hall–Kier alpha value is -5.43. The molecule has 1 heterocycles. The van der Waals surface area contributed by atoms with Crippen molar-refractivity contribution < 1.29 is 43.2 Å². The zero-order valence-corrected chi connectivity index (χ0v) is 37.6. The van der Waals surface area contributed by atoms with Crippen LogP contribution in [-0.2, 0) is 30.3 Å². The maximum absolute atomic E-state index is 14.4. The fraction of sp³-hybridized carbons (Fsp3) is 0.481. The molecule has 12 nitrogen and oxygen atoms in total. The summed E-state index contributed by atoms with van der Waals surface area (Å²) in [6, 6.07) is 31.0. The van der Waals surface area contributed by atoms with Crippen molar-refractivity contribution in [2.45, 2.75) is 88.5 Å². The van der Waals surface area contributed by atoms with Crippen LogP contribution in [0.2, 0.25) is 0 Å². The molecule has 2 fully saturated rings. The van der Waals surface area contributed by atoms with Crippen molar-refractivity contribution >= 4 is 17.9 Å². The zero-order valence-electron chi connectivity index (χ0n) is 37.6. The lowest BCUT2D eigenvalue weighted by molar-refractivity contribution is -0.146. The standard InChI is InChI=1S/C52H65N3O9/c1-60-26-14-15-27-63-49(38-18-8-5-9-19-38)39-24-25-54(33-39)51(58)50(57)53-47(30-36-16-6-4-7-17-36)48(56)34-55(32-37-28-40(61-2)31-41(29-37)62-3)52(59)64-35-46-44-22-12-10-20-42(44)43-21-11-13-23-45(43)46/h5,8-13,18-23,28-29,31,36,39,46-49,56H,4,6-7,14-17,24-27,30,32-35H2,1-3H3,(H,53,57)/t39?,47-,48+,49?/m0/s1. The highest BCUT2D eigenvalue weighted by molar-refractivity contribution is 6.35. The molecule has 1 aliphatic heterocycles. The number of hydrogen-bond donors (Lipinski definition) is 2. The number of likely N-dealkylation sites (tertiary alicyclic amines) is 1. The molecule has 2 aliphatic carbocycles. The van der Waals surface area contributed by atoms with Crippen LogP contribution in [0.3, 0.4) is 0 Å². The number of carbonyl (C=O) groups is 3. The third-order valence-corrected chi connectivity index (χ3v) is 13.2. The van der Waals surface area contributed by atoms with Crippen molar-refractivity contribution in [1.29, 1.82) is 0 Å². The molecule has 12 heteroatoms. The Bertz CT molecular complexity index is 2080. The number of aliphatic hydroxyl groups excluding tert-OH is 1. The van der Waals surface area contributed by atoms with E-state index in [0.29, 0.717) is 56.2 Å². The molecule has 3 aliphatic rings. The number of ether oxygens (including phenoxy) is 5. The highest BCUT2D eigenvalue weighted by Gasteiger charge is 2.38. The van der Waals surface area contributed by atoms with Crippen molar-refractivity contribution in [3.8, 4) is 22.6 Å². The summed E-state index contributed by atoms with van der Waals surface area (Å²) >= 11 is 0. The van der Waals surface area contributed by atoms with Gasteiger partial charge in [-0.1, -0.05) is 111 Å². The summed E-state index contributed by atoms with van der Waals surface area (Å²) in [5.41, 5.74) is 6.16. The monoisotopic (exact) mass is 875 g/mol. The van der Waals surface area contributed by atoms with Gasteiger partial charge in [-0.05, 0) is 77.1 Å². The number of aliphatic hydroxyl groups is 1. The first-order valence-corrected chi connectivity index (χ1v) is 23.0. The average Bonchev–Trinajstić information content (AvgIpc) is 3.95. The minimum absolute atomic E-state index is 0.00574. The Balaban J connectivity index is 1.07. The van der Waals surface area contributed by atoms with Gasteiger partial charge in [0.15, 0.2) is 0 Å². The maximum atomic E-state index is 14.4. The molecule has 0 spiro atoms. The summed E-state index contributed by atoms with van der Waals surface area (Å²) < 4.78 is 28.9. The van der Waals surface area contributed by atoms with Crippen LogP contribution in [0.1, 0.15) is 92.1 Å². The van der Waals surface area contributed by atoms with E-state index in [1.807, 2.05) is 66.7 Å². The van der Waals surface area contributed by atoms with Gasteiger partial charge in [0, 0.05) is 57.9 Å². The summed E-state index contributed by atoms with van der Waals surface area (Å²) in [4.78, 5) is 45.4. The molecule has 7 rings (SSSR count). The molecular formula is C52H65N3O9. The first-order valence-electron chi connectivity index (χ1n) is 23.0. The van der Waals surface area contributed by atoms with Crippen LogP contribution in [0, 0.1) is 11.8 Å². The molecule has 0 aromatic heterocycles. The second-order valence-corrected chi connectivity index (χ2v) is 17.5. The Kier molecular flexibility index (Phi) is 16.7. The predicted octanol–water partition coefficient (Wildman–Crippen LogP) is 8.30. The number of unbranched alkanes of at least 4 members (excludes halogenated alkanes) is 1. The van der Waals surface area contributed by atoms with E-state index in [1.165, 1.54) is 4.90 Å². The Labute approximate surface area is 378 Å². The minimum Gasteiger partial charge on any atom is -0.497 e. The van der Waals surface area contributed by atoms with Gasteiger partial charge in [0.25, 0.3) is 0 Å². The van der Waals surface area contributed by atoms with Crippen molar-refractivity contribution in [3.05, 3.63) is 119 Å². The molecule has 4 aromatic rings. The molecular weight excluding hydrogens is 811 g/mol. The quantitative estimate of drug-likeness (QED) is 0.0664. The zero-order chi connectivity index (χ0) is 44.8. The molecule has 4 aromatic carbocycles. The third kappa shape index (κ3) is 11.8. The number of benzene rings is 4. The largest absolute Gasteiger partial charge is 0.497 e. The van der Waals surface area contributed by atoms with Crippen LogP contribution in [0.4, 0.5) is 4.79 Å². The second kappa shape index (κ2) is 23.0. The van der Waals surface area contributed by atoms with Crippen LogP contribution < -0.4 is 14.8 Å². The van der Waals surface area contributed by atoms with Gasteiger partial charge in [0.1, 0.15) is 18.1 Å². The fourth-order valence-electron chi connectivity index (χ4n) is 9.81. The Morgan fingerprint density at radius 1 is 0.797 bits per heavy atom. The van der Waals surface area contributed by atoms with E-state index in [4.69, 9.17) is 23.7 Å². The molecule has 1 saturated carbocycles. The average molecular weight is 876 g/mol. The van der Waals surface area contributed by atoms with Crippen molar-refractivity contribution in [2.75, 3.05) is 60.8 Å². The van der Waals surface area contributed by atoms with Gasteiger partial charge >= 0.3 is 17.9 Å². The van der Waals surface area contributed by atoms with E-state index < -0.39 is 30.1 Å². The lowest BCUT2D eigenvalue weighted by Crippen LogP contribution is -2.53. The Morgan fingerprint density at radius 3 is 2.09 bits per heavy atom. The van der Waals surface area contributed by atoms with Crippen LogP contribution in [0.15, 0.2) is 97.1 Å². The molecule has 342 valence electrons. The van der Waals surface area contributed by atoms with E-state index in [0.717, 1.165) is 72.8 Å². The van der Waals surface area contributed by atoms with E-state index >= 15 is 0 Å². The van der Waals surface area contributed by atoms with Gasteiger partial charge in [0.2, 0.25) is 0 Å². The first-order chi connectivity index (χ1) is 31.3. The predicted molar refractivity (Wildman–Crippen MR) is 245 cm³/mol. The molecule has 0 bridgehead atoms. The summed E-state index contributed by atoms with van der Waals surface area (Å²) in [7, 11) is 4.82. The van der Waals surface area contributed by atoms with E-state index in [9.17, 15) is 19.5 Å². The van der Waals surface area contributed by atoms with E-state index in [2.05, 4.69) is 29.6 Å². The van der Waals surface area contributed by atoms with Crippen LogP contribution >= 0.6 is 0 Å². The Morgan fingerprint density at radius 2 is 1.44 bits per heavy atom. The van der Waals surface area contributed by atoms with Crippen molar-refractivity contribution in [3.63, 3.8) is 0 Å². The summed E-state index contributed by atoms with van der Waals surface area (Å²) in [5.74, 6) is -0.198. The molecule has 2 unspecified atom stereocenters. The van der Waals surface area contributed by atoms with Crippen LogP contribution in [0.5, 0.6) is 11.5 Å². The van der Waals surface area contributed by atoms with Crippen molar-refractivity contribution in [2.24, 2.45) is 11.8 Å². The fourth-order valence-corrected chi connectivity index (χ4v) is 9.81. The van der Waals surface area contributed by atoms with E-state index in [1.54, 1.807) is 32.3 Å². The highest BCUT2D eigenvalue weighted by atomic mass is 16.6. The number of methoxy groups -OCH3 is 3. The number of carbonyl (C=O) groups excluding carboxylic acids is 3. The second-order valence-electron chi connectivity index (χ2n) is 17.5. The minimum atomic E-state index is -1.22. The van der Waals surface area contributed by atoms with E-state index in [-0.39, 0.29) is 43.6 Å². The topological polar surface area (TPSA) is 136 Å². The molecule has 0 radical (unpaired) electrons. The number of rotatable bonds is 20. The normalized spacial score (nSPS) is 17.5. The summed E-state index contributed by atoms with van der Waals surface area (Å²) in [6.07, 6.45) is 6.06. The lowest BCUT2D eigenvalue weighted by atomic mass is 9.83. The number of hydrogen-bond acceptors (Lipinski definition) is 9. The maximum Gasteiger partial charge on any atom is 0.410 e. The SMILES string of the molecule is COCCCCOC(c1ccccc1)C1CCN(C(=O)C(=O)N[C@@H](CC2CCCCC2)[C@H](O)CN(Cc2cc(OC)cc(OC)c2)C(=O)OCC2c3ccccc3-c3ccccc32)C1. The van der Waals surface area contributed by atoms with Crippen LogP contribution in [0.25, 0.3) is 11.1 Å². The van der Waals surface area contributed by atoms with Gasteiger partial charge in [0.05, 0.1) is 39.0 Å². The highest BCUT2D eigenvalue weighted by Crippen LogP contribution is 2.44. The summed E-state index contributed by atoms with van der Waals surface area (Å²) in [6.45, 7) is 2.03. The molecule has 1 saturated heterocycles. The van der Waals surface area contributed by atoms with Crippen molar-refractivity contribution in [1.82, 2.24) is 15.1 Å². The molecule has 3 amide bonds. The van der Waals surface area contributed by atoms with Gasteiger partial charge < -0.3 is 43.9 Å². The molecule has 2 N–H and O–H groups in total. The van der Waals surface area contributed by atoms with Gasteiger partial charge in [-0.25, -0.2) is 4.79 Å². The smallest absolute Gasteiger partial charge is 0.410 e. The van der Waals surface area contributed by atoms with Gasteiger partial charge in [-0.2, -0.15) is 0 Å². The lowest BCUT2D eigenvalue weighted by Gasteiger charge is -2.33. The third-order valence-electron chi connectivity index (χ3n) is 13.2. The summed E-state index contributed by atoms with van der Waals surface area (Å²) in [5, 5.41) is 15.2. The van der Waals surface area contributed by atoms with Gasteiger partial charge in [-0.3, -0.25) is 9.59 Å². The molecule has 64 heavy (non-hydrogen) atoms. The first kappa shape index (κ1) is 46.6. The number of amides is 3.